The molecule has 124 valence electrons. The van der Waals surface area contributed by atoms with Crippen LogP contribution in [0.3, 0.4) is 0 Å². The molecule has 1 aromatic carbocycles. The average Bonchev–Trinajstić information content (AvgIpc) is 3.02. The summed E-state index contributed by atoms with van der Waals surface area (Å²) in [6, 6.07) is 7.51. The van der Waals surface area contributed by atoms with E-state index in [2.05, 4.69) is 10.3 Å². The van der Waals surface area contributed by atoms with Crippen molar-refractivity contribution in [1.82, 2.24) is 14.9 Å². The van der Waals surface area contributed by atoms with Crippen molar-refractivity contribution in [3.63, 3.8) is 0 Å². The Balaban J connectivity index is 2.18. The van der Waals surface area contributed by atoms with E-state index in [1.807, 2.05) is 29.6 Å². The van der Waals surface area contributed by atoms with E-state index < -0.39 is 0 Å². The summed E-state index contributed by atoms with van der Waals surface area (Å²) in [6.45, 7) is 1.69. The highest BCUT2D eigenvalue weighted by Crippen LogP contribution is 2.31. The van der Waals surface area contributed by atoms with Crippen molar-refractivity contribution in [3.05, 3.63) is 45.8 Å². The molecule has 0 saturated heterocycles. The Morgan fingerprint density at radius 2 is 2.04 bits per heavy atom. The van der Waals surface area contributed by atoms with Crippen LogP contribution in [0.25, 0.3) is 21.3 Å². The van der Waals surface area contributed by atoms with Crippen LogP contribution in [0.1, 0.15) is 5.82 Å². The number of fused-ring (bicyclic) bond motifs is 1. The van der Waals surface area contributed by atoms with Crippen molar-refractivity contribution in [3.8, 4) is 16.9 Å². The van der Waals surface area contributed by atoms with Crippen LogP contribution in [0, 0.1) is 6.92 Å². The van der Waals surface area contributed by atoms with E-state index in [-0.39, 0.29) is 18.0 Å². The first-order valence-electron chi connectivity index (χ1n) is 7.38. The van der Waals surface area contributed by atoms with Crippen LogP contribution in [0.2, 0.25) is 0 Å². The number of hydrogen-bond acceptors (Lipinski definition) is 5. The molecule has 7 heteroatoms. The molecule has 0 radical (unpaired) electrons. The van der Waals surface area contributed by atoms with E-state index in [0.29, 0.717) is 16.0 Å². The fourth-order valence-corrected chi connectivity index (χ4v) is 3.50. The number of aromatic nitrogens is 2. The van der Waals surface area contributed by atoms with E-state index >= 15 is 0 Å². The normalized spacial score (nSPS) is 10.8. The van der Waals surface area contributed by atoms with Gasteiger partial charge in [0.25, 0.3) is 5.56 Å². The summed E-state index contributed by atoms with van der Waals surface area (Å²) in [5.41, 5.74) is 1.53. The van der Waals surface area contributed by atoms with Gasteiger partial charge in [-0.15, -0.1) is 11.3 Å². The summed E-state index contributed by atoms with van der Waals surface area (Å²) in [6.07, 6.45) is 0. The number of carbonyl (C=O) groups excluding carboxylic acids is 1. The summed E-state index contributed by atoms with van der Waals surface area (Å²) in [5, 5.41) is 4.99. The Labute approximate surface area is 142 Å². The maximum Gasteiger partial charge on any atom is 0.263 e. The van der Waals surface area contributed by atoms with Crippen molar-refractivity contribution in [1.29, 1.82) is 0 Å². The molecule has 2 heterocycles. The minimum absolute atomic E-state index is 0.0397. The number of aryl methyl sites for hydroxylation is 1. The second-order valence-corrected chi connectivity index (χ2v) is 6.14. The van der Waals surface area contributed by atoms with Gasteiger partial charge in [-0.3, -0.25) is 14.2 Å². The van der Waals surface area contributed by atoms with Crippen LogP contribution in [-0.2, 0) is 11.3 Å². The van der Waals surface area contributed by atoms with Gasteiger partial charge in [0.05, 0.1) is 12.5 Å². The first-order valence-corrected chi connectivity index (χ1v) is 8.26. The molecule has 1 amide bonds. The minimum Gasteiger partial charge on any atom is -0.497 e. The highest BCUT2D eigenvalue weighted by Gasteiger charge is 2.16. The minimum atomic E-state index is -0.234. The van der Waals surface area contributed by atoms with Gasteiger partial charge in [-0.2, -0.15) is 0 Å². The van der Waals surface area contributed by atoms with E-state index in [4.69, 9.17) is 4.74 Å². The van der Waals surface area contributed by atoms with Gasteiger partial charge < -0.3 is 10.1 Å². The highest BCUT2D eigenvalue weighted by molar-refractivity contribution is 7.17. The van der Waals surface area contributed by atoms with Crippen molar-refractivity contribution in [2.45, 2.75) is 13.5 Å². The lowest BCUT2D eigenvalue weighted by Gasteiger charge is -2.09. The van der Waals surface area contributed by atoms with Gasteiger partial charge in [-0.05, 0) is 24.6 Å². The smallest absolute Gasteiger partial charge is 0.263 e. The third-order valence-electron chi connectivity index (χ3n) is 3.87. The van der Waals surface area contributed by atoms with Gasteiger partial charge in [0.15, 0.2) is 0 Å². The lowest BCUT2D eigenvalue weighted by molar-refractivity contribution is -0.121. The number of methoxy groups -OCH3 is 1. The average molecular weight is 343 g/mol. The van der Waals surface area contributed by atoms with E-state index in [1.54, 1.807) is 21.1 Å². The summed E-state index contributed by atoms with van der Waals surface area (Å²) in [7, 11) is 3.15. The molecule has 0 atom stereocenters. The molecule has 6 nitrogen and oxygen atoms in total. The highest BCUT2D eigenvalue weighted by atomic mass is 32.1. The van der Waals surface area contributed by atoms with E-state index in [1.165, 1.54) is 15.9 Å². The number of ether oxygens (including phenoxy) is 1. The van der Waals surface area contributed by atoms with Gasteiger partial charge in [0.1, 0.15) is 22.9 Å². The maximum absolute atomic E-state index is 12.9. The summed E-state index contributed by atoms with van der Waals surface area (Å²) >= 11 is 1.42. The molecule has 0 saturated carbocycles. The van der Waals surface area contributed by atoms with Crippen LogP contribution >= 0.6 is 11.3 Å². The Morgan fingerprint density at radius 1 is 1.33 bits per heavy atom. The number of benzene rings is 1. The molecule has 0 spiro atoms. The predicted octanol–water partition coefficient (Wildman–Crippen LogP) is 2.19. The standard InChI is InChI=1S/C17H17N3O3S/c1-10-19-16-15(17(22)20(10)8-14(21)18-2)13(9-24-16)11-4-6-12(23-3)7-5-11/h4-7,9H,8H2,1-3H3,(H,18,21). The third kappa shape index (κ3) is 2.78. The fraction of sp³-hybridized carbons (Fsp3) is 0.235. The number of amides is 1. The molecule has 0 aliphatic carbocycles. The molecule has 2 aromatic heterocycles. The fourth-order valence-electron chi connectivity index (χ4n) is 2.52. The molecule has 0 aliphatic rings. The van der Waals surface area contributed by atoms with Crippen molar-refractivity contribution < 1.29 is 9.53 Å². The number of hydrogen-bond donors (Lipinski definition) is 1. The van der Waals surface area contributed by atoms with Crippen LogP contribution < -0.4 is 15.6 Å². The molecule has 1 N–H and O–H groups in total. The van der Waals surface area contributed by atoms with Gasteiger partial charge in [-0.25, -0.2) is 4.98 Å². The predicted molar refractivity (Wildman–Crippen MR) is 94.7 cm³/mol. The van der Waals surface area contributed by atoms with Gasteiger partial charge >= 0.3 is 0 Å². The lowest BCUT2D eigenvalue weighted by Crippen LogP contribution is -2.32. The molecule has 0 bridgehead atoms. The largest absolute Gasteiger partial charge is 0.497 e. The Bertz CT molecular complexity index is 958. The molecular weight excluding hydrogens is 326 g/mol. The van der Waals surface area contributed by atoms with E-state index in [9.17, 15) is 9.59 Å². The maximum atomic E-state index is 12.9. The van der Waals surface area contributed by atoms with Crippen molar-refractivity contribution >= 4 is 27.5 Å². The SMILES string of the molecule is CNC(=O)Cn1c(C)nc2scc(-c3ccc(OC)cc3)c2c1=O. The second kappa shape index (κ2) is 6.45. The van der Waals surface area contributed by atoms with Crippen LogP contribution in [0.15, 0.2) is 34.4 Å². The topological polar surface area (TPSA) is 73.2 Å². The Kier molecular flexibility index (Phi) is 4.35. The first-order chi connectivity index (χ1) is 11.5. The zero-order valence-electron chi connectivity index (χ0n) is 13.6. The molecule has 3 rings (SSSR count). The number of carbonyl (C=O) groups is 1. The molecule has 0 unspecified atom stereocenters. The zero-order chi connectivity index (χ0) is 17.3. The number of nitrogens with zero attached hydrogens (tertiary/aromatic N) is 2. The molecule has 24 heavy (non-hydrogen) atoms. The second-order valence-electron chi connectivity index (χ2n) is 5.28. The van der Waals surface area contributed by atoms with Crippen molar-refractivity contribution in [2.75, 3.05) is 14.2 Å². The van der Waals surface area contributed by atoms with Crippen LogP contribution in [-0.4, -0.2) is 29.6 Å². The molecule has 0 fully saturated rings. The molecule has 0 aliphatic heterocycles. The van der Waals surface area contributed by atoms with E-state index in [0.717, 1.165) is 16.9 Å². The quantitative estimate of drug-likeness (QED) is 0.788. The Morgan fingerprint density at radius 3 is 2.67 bits per heavy atom. The third-order valence-corrected chi connectivity index (χ3v) is 4.74. The summed E-state index contributed by atoms with van der Waals surface area (Å²) in [4.78, 5) is 29.7. The summed E-state index contributed by atoms with van der Waals surface area (Å²) in [5.74, 6) is 1.05. The van der Waals surface area contributed by atoms with Gasteiger partial charge in [-0.1, -0.05) is 12.1 Å². The lowest BCUT2D eigenvalue weighted by atomic mass is 10.1. The Hall–Kier alpha value is -2.67. The van der Waals surface area contributed by atoms with Crippen molar-refractivity contribution in [2.24, 2.45) is 0 Å². The van der Waals surface area contributed by atoms with Crippen LogP contribution in [0.4, 0.5) is 0 Å². The summed E-state index contributed by atoms with van der Waals surface area (Å²) < 4.78 is 6.57. The number of nitrogens with one attached hydrogen (secondary N) is 1. The number of thiophene rings is 1. The van der Waals surface area contributed by atoms with Crippen LogP contribution in [0.5, 0.6) is 5.75 Å². The molecular formula is C17H17N3O3S. The number of rotatable bonds is 4. The monoisotopic (exact) mass is 343 g/mol. The first kappa shape index (κ1) is 16.2. The van der Waals surface area contributed by atoms with Gasteiger partial charge in [0.2, 0.25) is 5.91 Å². The number of likely N-dealkylation sites (N-methyl/N-ethyl adjacent to an activating group) is 1. The van der Waals surface area contributed by atoms with Gasteiger partial charge in [0, 0.05) is 18.0 Å². The zero-order valence-corrected chi connectivity index (χ0v) is 14.4. The molecule has 3 aromatic rings.